The molecule has 27 heavy (non-hydrogen) atoms. The van der Waals surface area contributed by atoms with Gasteiger partial charge in [-0.2, -0.15) is 4.52 Å². The molecule has 7 nitrogen and oxygen atoms in total. The van der Waals surface area contributed by atoms with E-state index in [4.69, 9.17) is 11.6 Å². The van der Waals surface area contributed by atoms with Gasteiger partial charge in [-0.3, -0.25) is 14.7 Å². The zero-order chi connectivity index (χ0) is 18.8. The van der Waals surface area contributed by atoms with Crippen molar-refractivity contribution in [2.24, 2.45) is 0 Å². The number of piperazine rings is 1. The highest BCUT2D eigenvalue weighted by molar-refractivity contribution is 7.20. The molecule has 0 unspecified atom stereocenters. The minimum Gasteiger partial charge on any atom is -0.344 e. The van der Waals surface area contributed by atoms with Gasteiger partial charge in [0, 0.05) is 50.7 Å². The van der Waals surface area contributed by atoms with E-state index < -0.39 is 0 Å². The maximum absolute atomic E-state index is 12.3. The van der Waals surface area contributed by atoms with E-state index in [1.165, 1.54) is 15.9 Å². The number of aryl methyl sites for hydroxylation is 1. The summed E-state index contributed by atoms with van der Waals surface area (Å²) in [7, 11) is 0. The van der Waals surface area contributed by atoms with Crippen LogP contribution in [0.2, 0.25) is 5.02 Å². The topological polar surface area (TPSA) is 66.6 Å². The molecule has 4 rings (SSSR count). The van der Waals surface area contributed by atoms with Crippen LogP contribution in [0.25, 0.3) is 4.96 Å². The number of hydrogen-bond donors (Lipinski definition) is 0. The Kier molecular flexibility index (Phi) is 5.38. The third kappa shape index (κ3) is 4.12. The summed E-state index contributed by atoms with van der Waals surface area (Å²) < 4.78 is 1.42. The van der Waals surface area contributed by atoms with Crippen LogP contribution in [0.5, 0.6) is 0 Å². The van der Waals surface area contributed by atoms with Crippen LogP contribution in [0, 0.1) is 0 Å². The third-order valence-corrected chi connectivity index (χ3v) is 5.80. The molecule has 4 heterocycles. The molecule has 3 aromatic heterocycles. The van der Waals surface area contributed by atoms with Gasteiger partial charge in [0.1, 0.15) is 0 Å². The number of pyridine rings is 1. The Morgan fingerprint density at radius 2 is 2.00 bits per heavy atom. The molecule has 1 aliphatic rings. The minimum atomic E-state index is -0.0987. The summed E-state index contributed by atoms with van der Waals surface area (Å²) in [4.78, 5) is 26.5. The van der Waals surface area contributed by atoms with Crippen LogP contribution in [0.15, 0.2) is 29.2 Å². The Balaban J connectivity index is 1.44. The molecule has 3 aromatic rings. The maximum atomic E-state index is 12.3. The number of anilines is 1. The Bertz CT molecular complexity index is 978. The highest BCUT2D eigenvalue weighted by Crippen LogP contribution is 2.23. The van der Waals surface area contributed by atoms with E-state index in [0.29, 0.717) is 9.98 Å². The van der Waals surface area contributed by atoms with Gasteiger partial charge in [-0.1, -0.05) is 36.3 Å². The number of nitrogens with zero attached hydrogens (tertiary/aromatic N) is 6. The van der Waals surface area contributed by atoms with Gasteiger partial charge in [-0.25, -0.2) is 4.98 Å². The molecular formula is C18H21ClN6OS. The molecule has 0 bridgehead atoms. The van der Waals surface area contributed by atoms with Crippen molar-refractivity contribution in [3.63, 3.8) is 0 Å². The van der Waals surface area contributed by atoms with Gasteiger partial charge >= 0.3 is 0 Å². The molecular weight excluding hydrogens is 384 g/mol. The third-order valence-electron chi connectivity index (χ3n) is 4.61. The van der Waals surface area contributed by atoms with Crippen molar-refractivity contribution in [1.29, 1.82) is 0 Å². The monoisotopic (exact) mass is 404 g/mol. The second-order valence-electron chi connectivity index (χ2n) is 6.65. The van der Waals surface area contributed by atoms with Gasteiger partial charge in [0.05, 0.1) is 10.7 Å². The standard InChI is InChI=1S/C18H21ClN6OS/c1-2-3-14-10-16(26)25-17(21-14)27-18(22-25)24-8-6-23(7-9-24)12-15-5-4-13(19)11-20-15/h4-5,10-11H,2-3,6-9,12H2,1H3. The van der Waals surface area contributed by atoms with E-state index in [1.807, 2.05) is 12.1 Å². The smallest absolute Gasteiger partial charge is 0.275 e. The van der Waals surface area contributed by atoms with Crippen molar-refractivity contribution in [2.45, 2.75) is 26.3 Å². The largest absolute Gasteiger partial charge is 0.344 e. The lowest BCUT2D eigenvalue weighted by Gasteiger charge is -2.34. The van der Waals surface area contributed by atoms with E-state index in [-0.39, 0.29) is 5.56 Å². The summed E-state index contributed by atoms with van der Waals surface area (Å²) in [6, 6.07) is 5.43. The molecule has 1 fully saturated rings. The lowest BCUT2D eigenvalue weighted by atomic mass is 10.2. The molecule has 0 amide bonds. The van der Waals surface area contributed by atoms with Crippen molar-refractivity contribution in [3.8, 4) is 0 Å². The van der Waals surface area contributed by atoms with E-state index in [1.54, 1.807) is 12.3 Å². The molecule has 142 valence electrons. The normalized spacial score (nSPS) is 15.6. The molecule has 0 saturated carbocycles. The van der Waals surface area contributed by atoms with Gasteiger partial charge in [-0.15, -0.1) is 5.10 Å². The summed E-state index contributed by atoms with van der Waals surface area (Å²) >= 11 is 7.38. The molecule has 0 N–H and O–H groups in total. The van der Waals surface area contributed by atoms with Crippen LogP contribution >= 0.6 is 22.9 Å². The van der Waals surface area contributed by atoms with Crippen LogP contribution in [0.3, 0.4) is 0 Å². The van der Waals surface area contributed by atoms with Crippen LogP contribution in [0.4, 0.5) is 5.13 Å². The first-order chi connectivity index (χ1) is 13.1. The fourth-order valence-corrected chi connectivity index (χ4v) is 4.27. The second-order valence-corrected chi connectivity index (χ2v) is 8.02. The Hall–Kier alpha value is -2.03. The van der Waals surface area contributed by atoms with Gasteiger partial charge in [0.15, 0.2) is 0 Å². The fraction of sp³-hybridized carbons (Fsp3) is 0.444. The van der Waals surface area contributed by atoms with Gasteiger partial charge in [-0.05, 0) is 18.6 Å². The fourth-order valence-electron chi connectivity index (χ4n) is 3.18. The highest BCUT2D eigenvalue weighted by atomic mass is 35.5. The molecule has 1 saturated heterocycles. The van der Waals surface area contributed by atoms with E-state index in [0.717, 1.165) is 62.1 Å². The average molecular weight is 405 g/mol. The Labute approximate surface area is 166 Å². The predicted molar refractivity (Wildman–Crippen MR) is 108 cm³/mol. The number of halogens is 1. The molecule has 0 aliphatic carbocycles. The maximum Gasteiger partial charge on any atom is 0.275 e. The van der Waals surface area contributed by atoms with Gasteiger partial charge in [0.2, 0.25) is 10.1 Å². The summed E-state index contributed by atoms with van der Waals surface area (Å²) in [6.07, 6.45) is 3.47. The number of aromatic nitrogens is 4. The minimum absolute atomic E-state index is 0.0987. The lowest BCUT2D eigenvalue weighted by Crippen LogP contribution is -2.46. The predicted octanol–water partition coefficient (Wildman–Crippen LogP) is 2.47. The van der Waals surface area contributed by atoms with Crippen LogP contribution in [-0.2, 0) is 13.0 Å². The van der Waals surface area contributed by atoms with E-state index in [2.05, 4.69) is 31.8 Å². The highest BCUT2D eigenvalue weighted by Gasteiger charge is 2.21. The summed E-state index contributed by atoms with van der Waals surface area (Å²) in [5, 5.41) is 6.01. The van der Waals surface area contributed by atoms with Crippen molar-refractivity contribution in [1.82, 2.24) is 24.5 Å². The number of rotatable bonds is 5. The SMILES string of the molecule is CCCc1cc(=O)n2nc(N3CCN(Cc4ccc(Cl)cn4)CC3)sc2n1. The second kappa shape index (κ2) is 7.92. The van der Waals surface area contributed by atoms with E-state index in [9.17, 15) is 4.79 Å². The van der Waals surface area contributed by atoms with Crippen molar-refractivity contribution in [2.75, 3.05) is 31.1 Å². The zero-order valence-corrected chi connectivity index (χ0v) is 16.7. The zero-order valence-electron chi connectivity index (χ0n) is 15.1. The van der Waals surface area contributed by atoms with Crippen LogP contribution < -0.4 is 10.5 Å². The van der Waals surface area contributed by atoms with Crippen LogP contribution in [0.1, 0.15) is 24.7 Å². The van der Waals surface area contributed by atoms with Crippen LogP contribution in [-0.4, -0.2) is 50.7 Å². The average Bonchev–Trinajstić information content (AvgIpc) is 3.09. The first-order valence-electron chi connectivity index (χ1n) is 9.10. The molecule has 0 spiro atoms. The molecule has 0 atom stereocenters. The molecule has 0 radical (unpaired) electrons. The van der Waals surface area contributed by atoms with Gasteiger partial charge < -0.3 is 4.90 Å². The van der Waals surface area contributed by atoms with Crippen molar-refractivity contribution >= 4 is 33.0 Å². The quantitative estimate of drug-likeness (QED) is 0.650. The first-order valence-corrected chi connectivity index (χ1v) is 10.3. The number of hydrogen-bond acceptors (Lipinski definition) is 7. The molecule has 0 aromatic carbocycles. The summed E-state index contributed by atoms with van der Waals surface area (Å²) in [6.45, 7) is 6.47. The molecule has 9 heteroatoms. The van der Waals surface area contributed by atoms with E-state index >= 15 is 0 Å². The molecule has 1 aliphatic heterocycles. The number of fused-ring (bicyclic) bond motifs is 1. The summed E-state index contributed by atoms with van der Waals surface area (Å²) in [5.41, 5.74) is 1.77. The first kappa shape index (κ1) is 18.3. The lowest BCUT2D eigenvalue weighted by molar-refractivity contribution is 0.247. The van der Waals surface area contributed by atoms with Crippen molar-refractivity contribution in [3.05, 3.63) is 51.2 Å². The van der Waals surface area contributed by atoms with Crippen molar-refractivity contribution < 1.29 is 0 Å². The summed E-state index contributed by atoms with van der Waals surface area (Å²) in [5.74, 6) is 0. The Morgan fingerprint density at radius 3 is 2.70 bits per heavy atom. The Morgan fingerprint density at radius 1 is 1.19 bits per heavy atom. The van der Waals surface area contributed by atoms with Gasteiger partial charge in [0.25, 0.3) is 5.56 Å².